The molecule has 17 heavy (non-hydrogen) atoms. The standard InChI is InChI=1S/C15H19NO/c1-12-10-15(17-11-13-4-2-5-13)8-7-14(12)6-3-9-16/h7-8,10,13H,2,4-5,9,11,16H2,1H3. The van der Waals surface area contributed by atoms with Gasteiger partial charge >= 0.3 is 0 Å². The van der Waals surface area contributed by atoms with Crippen LogP contribution in [0.25, 0.3) is 0 Å². The Balaban J connectivity index is 1.97. The molecule has 0 aliphatic heterocycles. The molecule has 1 aromatic rings. The van der Waals surface area contributed by atoms with Crippen LogP contribution in [0, 0.1) is 24.7 Å². The van der Waals surface area contributed by atoms with Crippen LogP contribution in [0.2, 0.25) is 0 Å². The molecule has 1 aliphatic rings. The van der Waals surface area contributed by atoms with Gasteiger partial charge in [0, 0.05) is 5.56 Å². The first-order valence-corrected chi connectivity index (χ1v) is 6.22. The van der Waals surface area contributed by atoms with Crippen LogP contribution in [-0.2, 0) is 0 Å². The van der Waals surface area contributed by atoms with Crippen molar-refractivity contribution in [2.45, 2.75) is 26.2 Å². The van der Waals surface area contributed by atoms with Gasteiger partial charge < -0.3 is 10.5 Å². The van der Waals surface area contributed by atoms with Gasteiger partial charge in [0.2, 0.25) is 0 Å². The van der Waals surface area contributed by atoms with E-state index in [0.717, 1.165) is 29.4 Å². The summed E-state index contributed by atoms with van der Waals surface area (Å²) in [6.07, 6.45) is 4.00. The molecule has 0 unspecified atom stereocenters. The Kier molecular flexibility index (Phi) is 4.06. The predicted octanol–water partition coefficient (Wildman–Crippen LogP) is 2.48. The topological polar surface area (TPSA) is 35.2 Å². The van der Waals surface area contributed by atoms with Gasteiger partial charge in [-0.2, -0.15) is 0 Å². The van der Waals surface area contributed by atoms with Crippen LogP contribution < -0.4 is 10.5 Å². The summed E-state index contributed by atoms with van der Waals surface area (Å²) < 4.78 is 5.78. The Morgan fingerprint density at radius 2 is 2.24 bits per heavy atom. The number of hydrogen-bond donors (Lipinski definition) is 1. The zero-order chi connectivity index (χ0) is 12.1. The van der Waals surface area contributed by atoms with Crippen LogP contribution in [-0.4, -0.2) is 13.2 Å². The fraction of sp³-hybridized carbons (Fsp3) is 0.467. The molecule has 2 nitrogen and oxygen atoms in total. The van der Waals surface area contributed by atoms with Crippen molar-refractivity contribution in [3.05, 3.63) is 29.3 Å². The zero-order valence-corrected chi connectivity index (χ0v) is 10.3. The molecule has 0 amide bonds. The van der Waals surface area contributed by atoms with Crippen LogP contribution in [0.1, 0.15) is 30.4 Å². The van der Waals surface area contributed by atoms with Crippen LogP contribution >= 0.6 is 0 Å². The Bertz CT molecular complexity index is 438. The van der Waals surface area contributed by atoms with Gasteiger partial charge in [0.05, 0.1) is 13.2 Å². The van der Waals surface area contributed by atoms with Gasteiger partial charge in [-0.05, 0) is 49.4 Å². The molecule has 1 fully saturated rings. The number of hydrogen-bond acceptors (Lipinski definition) is 2. The van der Waals surface area contributed by atoms with E-state index < -0.39 is 0 Å². The lowest BCUT2D eigenvalue weighted by molar-refractivity contribution is 0.180. The van der Waals surface area contributed by atoms with Crippen molar-refractivity contribution in [1.29, 1.82) is 0 Å². The van der Waals surface area contributed by atoms with Crippen LogP contribution in [0.15, 0.2) is 18.2 Å². The first-order chi connectivity index (χ1) is 8.29. The van der Waals surface area contributed by atoms with Crippen LogP contribution in [0.5, 0.6) is 5.75 Å². The number of aryl methyl sites for hydroxylation is 1. The number of rotatable bonds is 3. The Morgan fingerprint density at radius 1 is 1.41 bits per heavy atom. The summed E-state index contributed by atoms with van der Waals surface area (Å²) in [6, 6.07) is 6.06. The molecule has 0 aromatic heterocycles. The van der Waals surface area contributed by atoms with E-state index in [4.69, 9.17) is 10.5 Å². The largest absolute Gasteiger partial charge is 0.493 e. The molecular formula is C15H19NO. The smallest absolute Gasteiger partial charge is 0.119 e. The minimum Gasteiger partial charge on any atom is -0.493 e. The number of benzene rings is 1. The summed E-state index contributed by atoms with van der Waals surface area (Å²) in [6.45, 7) is 3.31. The van der Waals surface area contributed by atoms with Gasteiger partial charge in [0.1, 0.15) is 5.75 Å². The minimum absolute atomic E-state index is 0.402. The molecular weight excluding hydrogens is 210 g/mol. The molecule has 0 atom stereocenters. The third-order valence-corrected chi connectivity index (χ3v) is 3.23. The van der Waals surface area contributed by atoms with E-state index in [2.05, 4.69) is 24.8 Å². The van der Waals surface area contributed by atoms with Crippen LogP contribution in [0.4, 0.5) is 0 Å². The Labute approximate surface area is 103 Å². The lowest BCUT2D eigenvalue weighted by Gasteiger charge is -2.25. The first-order valence-electron chi connectivity index (χ1n) is 6.22. The highest BCUT2D eigenvalue weighted by Crippen LogP contribution is 2.27. The summed E-state index contributed by atoms with van der Waals surface area (Å²) in [5, 5.41) is 0. The minimum atomic E-state index is 0.402. The van der Waals surface area contributed by atoms with Gasteiger partial charge in [0.25, 0.3) is 0 Å². The van der Waals surface area contributed by atoms with Gasteiger partial charge in [-0.1, -0.05) is 18.3 Å². The summed E-state index contributed by atoms with van der Waals surface area (Å²) in [4.78, 5) is 0. The van der Waals surface area contributed by atoms with Crippen molar-refractivity contribution in [2.24, 2.45) is 11.7 Å². The van der Waals surface area contributed by atoms with Gasteiger partial charge in [-0.25, -0.2) is 0 Å². The van der Waals surface area contributed by atoms with E-state index >= 15 is 0 Å². The van der Waals surface area contributed by atoms with Crippen LogP contribution in [0.3, 0.4) is 0 Å². The number of ether oxygens (including phenoxy) is 1. The van der Waals surface area contributed by atoms with E-state index in [1.165, 1.54) is 19.3 Å². The second kappa shape index (κ2) is 5.75. The molecule has 2 heteroatoms. The quantitative estimate of drug-likeness (QED) is 0.808. The predicted molar refractivity (Wildman–Crippen MR) is 69.9 cm³/mol. The molecule has 90 valence electrons. The first kappa shape index (κ1) is 12.0. The van der Waals surface area contributed by atoms with Crippen molar-refractivity contribution in [3.8, 4) is 17.6 Å². The van der Waals surface area contributed by atoms with Crippen molar-refractivity contribution in [3.63, 3.8) is 0 Å². The van der Waals surface area contributed by atoms with E-state index in [0.29, 0.717) is 6.54 Å². The SMILES string of the molecule is Cc1cc(OCC2CCC2)ccc1C#CCN. The Morgan fingerprint density at radius 3 is 2.82 bits per heavy atom. The fourth-order valence-corrected chi connectivity index (χ4v) is 1.89. The van der Waals surface area contributed by atoms with Crippen molar-refractivity contribution < 1.29 is 4.74 Å². The molecule has 0 heterocycles. The average molecular weight is 229 g/mol. The van der Waals surface area contributed by atoms with Crippen molar-refractivity contribution >= 4 is 0 Å². The molecule has 1 saturated carbocycles. The Hall–Kier alpha value is -1.46. The summed E-state index contributed by atoms with van der Waals surface area (Å²) in [5.74, 6) is 7.65. The third-order valence-electron chi connectivity index (χ3n) is 3.23. The molecule has 0 radical (unpaired) electrons. The highest BCUT2D eigenvalue weighted by molar-refractivity contribution is 5.44. The van der Waals surface area contributed by atoms with Crippen molar-refractivity contribution in [1.82, 2.24) is 0 Å². The van der Waals surface area contributed by atoms with Gasteiger partial charge in [-0.15, -0.1) is 0 Å². The fourth-order valence-electron chi connectivity index (χ4n) is 1.89. The summed E-state index contributed by atoms with van der Waals surface area (Å²) >= 11 is 0. The van der Waals surface area contributed by atoms with E-state index in [1.54, 1.807) is 0 Å². The highest BCUT2D eigenvalue weighted by Gasteiger charge is 2.17. The normalized spacial score (nSPS) is 14.7. The van der Waals surface area contributed by atoms with Gasteiger partial charge in [0.15, 0.2) is 0 Å². The molecule has 1 aromatic carbocycles. The van der Waals surface area contributed by atoms with E-state index in [9.17, 15) is 0 Å². The average Bonchev–Trinajstić information content (AvgIpc) is 2.26. The third kappa shape index (κ3) is 3.25. The van der Waals surface area contributed by atoms with Crippen molar-refractivity contribution in [2.75, 3.05) is 13.2 Å². The highest BCUT2D eigenvalue weighted by atomic mass is 16.5. The lowest BCUT2D eigenvalue weighted by Crippen LogP contribution is -2.19. The second-order valence-corrected chi connectivity index (χ2v) is 4.59. The molecule has 0 bridgehead atoms. The summed E-state index contributed by atoms with van der Waals surface area (Å²) in [7, 11) is 0. The molecule has 1 aliphatic carbocycles. The maximum atomic E-state index is 5.78. The van der Waals surface area contributed by atoms with Gasteiger partial charge in [-0.3, -0.25) is 0 Å². The summed E-state index contributed by atoms with van der Waals surface area (Å²) in [5.41, 5.74) is 7.54. The molecule has 0 saturated heterocycles. The maximum absolute atomic E-state index is 5.78. The molecule has 0 spiro atoms. The monoisotopic (exact) mass is 229 g/mol. The number of nitrogens with two attached hydrogens (primary N) is 1. The maximum Gasteiger partial charge on any atom is 0.119 e. The van der Waals surface area contributed by atoms with E-state index in [1.807, 2.05) is 12.1 Å². The molecule has 2 N–H and O–H groups in total. The second-order valence-electron chi connectivity index (χ2n) is 4.59. The lowest BCUT2D eigenvalue weighted by atomic mass is 9.86. The zero-order valence-electron chi connectivity index (χ0n) is 10.3. The molecule has 2 rings (SSSR count). The van der Waals surface area contributed by atoms with E-state index in [-0.39, 0.29) is 0 Å².